The van der Waals surface area contributed by atoms with Crippen molar-refractivity contribution in [3.8, 4) is 17.0 Å². The van der Waals surface area contributed by atoms with Gasteiger partial charge in [-0.15, -0.1) is 0 Å². The smallest absolute Gasteiger partial charge is 0.213 e. The van der Waals surface area contributed by atoms with Crippen LogP contribution in [0.3, 0.4) is 0 Å². The average molecular weight is 303 g/mol. The number of aryl methyl sites for hydroxylation is 3. The van der Waals surface area contributed by atoms with Crippen molar-refractivity contribution in [1.29, 1.82) is 0 Å². The van der Waals surface area contributed by atoms with Crippen LogP contribution in [-0.4, -0.2) is 26.8 Å². The van der Waals surface area contributed by atoms with E-state index >= 15 is 0 Å². The Hall–Kier alpha value is -1.92. The molecule has 21 heavy (non-hydrogen) atoms. The van der Waals surface area contributed by atoms with Gasteiger partial charge in [-0.05, 0) is 44.0 Å². The quantitative estimate of drug-likeness (QED) is 0.808. The standard InChI is InChI=1S/C15H17N3O2S/c1-8-5-11(20-4)6-9(2)13(8)14-12(7-19)18-15(16-14)21-10(3)17-18/h5-6,19H,7H2,1-4H3. The van der Waals surface area contributed by atoms with Gasteiger partial charge in [0, 0.05) is 5.56 Å². The molecule has 5 nitrogen and oxygen atoms in total. The lowest BCUT2D eigenvalue weighted by Gasteiger charge is -2.11. The van der Waals surface area contributed by atoms with Crippen LogP contribution in [0.4, 0.5) is 0 Å². The molecule has 0 unspecified atom stereocenters. The Morgan fingerprint density at radius 2 is 1.90 bits per heavy atom. The lowest BCUT2D eigenvalue weighted by Crippen LogP contribution is -1.98. The van der Waals surface area contributed by atoms with E-state index in [9.17, 15) is 5.11 Å². The van der Waals surface area contributed by atoms with Crippen molar-refractivity contribution in [2.75, 3.05) is 7.11 Å². The second-order valence-corrected chi connectivity index (χ2v) is 6.18. The Morgan fingerprint density at radius 3 is 2.48 bits per heavy atom. The van der Waals surface area contributed by atoms with Gasteiger partial charge in [-0.2, -0.15) is 5.10 Å². The van der Waals surface area contributed by atoms with Crippen LogP contribution in [0.1, 0.15) is 21.8 Å². The number of fused-ring (bicyclic) bond motifs is 1. The van der Waals surface area contributed by atoms with Crippen LogP contribution in [-0.2, 0) is 6.61 Å². The third-order valence-corrected chi connectivity index (χ3v) is 4.35. The van der Waals surface area contributed by atoms with Crippen LogP contribution in [0.15, 0.2) is 12.1 Å². The van der Waals surface area contributed by atoms with Gasteiger partial charge in [-0.1, -0.05) is 11.3 Å². The molecule has 0 saturated heterocycles. The van der Waals surface area contributed by atoms with Gasteiger partial charge in [0.05, 0.1) is 25.1 Å². The Kier molecular flexibility index (Phi) is 3.43. The second-order valence-electron chi connectivity index (χ2n) is 5.02. The summed E-state index contributed by atoms with van der Waals surface area (Å²) in [7, 11) is 1.66. The van der Waals surface area contributed by atoms with E-state index in [1.165, 1.54) is 11.3 Å². The fourth-order valence-electron chi connectivity index (χ4n) is 2.64. The molecule has 2 aromatic heterocycles. The topological polar surface area (TPSA) is 59.7 Å². The third-order valence-electron chi connectivity index (χ3n) is 3.53. The van der Waals surface area contributed by atoms with Crippen molar-refractivity contribution in [2.45, 2.75) is 27.4 Å². The number of benzene rings is 1. The van der Waals surface area contributed by atoms with Crippen molar-refractivity contribution < 1.29 is 9.84 Å². The van der Waals surface area contributed by atoms with Crippen LogP contribution in [0, 0.1) is 20.8 Å². The van der Waals surface area contributed by atoms with E-state index in [1.54, 1.807) is 11.6 Å². The first-order chi connectivity index (χ1) is 10.0. The number of methoxy groups -OCH3 is 1. The summed E-state index contributed by atoms with van der Waals surface area (Å²) >= 11 is 1.52. The van der Waals surface area contributed by atoms with Crippen LogP contribution >= 0.6 is 11.3 Å². The molecule has 110 valence electrons. The monoisotopic (exact) mass is 303 g/mol. The fourth-order valence-corrected chi connectivity index (χ4v) is 3.40. The molecule has 0 radical (unpaired) electrons. The fraction of sp³-hybridized carbons (Fsp3) is 0.333. The summed E-state index contributed by atoms with van der Waals surface area (Å²) in [5, 5.41) is 15.1. The molecule has 0 aliphatic heterocycles. The molecular formula is C15H17N3O2S. The molecule has 0 atom stereocenters. The maximum Gasteiger partial charge on any atom is 0.213 e. The summed E-state index contributed by atoms with van der Waals surface area (Å²) in [5.41, 5.74) is 4.71. The van der Waals surface area contributed by atoms with Crippen LogP contribution < -0.4 is 4.74 Å². The Balaban J connectivity index is 2.27. The van der Waals surface area contributed by atoms with E-state index in [1.807, 2.05) is 32.9 Å². The maximum atomic E-state index is 9.74. The van der Waals surface area contributed by atoms with Gasteiger partial charge in [0.15, 0.2) is 0 Å². The van der Waals surface area contributed by atoms with Crippen LogP contribution in [0.25, 0.3) is 16.2 Å². The van der Waals surface area contributed by atoms with Crippen molar-refractivity contribution in [2.24, 2.45) is 0 Å². The molecule has 2 heterocycles. The summed E-state index contributed by atoms with van der Waals surface area (Å²) in [6, 6.07) is 3.96. The molecule has 3 rings (SSSR count). The van der Waals surface area contributed by atoms with Gasteiger partial charge in [0.25, 0.3) is 0 Å². The summed E-state index contributed by atoms with van der Waals surface area (Å²) in [4.78, 5) is 5.48. The van der Waals surface area contributed by atoms with E-state index in [2.05, 4.69) is 10.1 Å². The minimum absolute atomic E-state index is 0.0927. The van der Waals surface area contributed by atoms with Crippen molar-refractivity contribution in [3.05, 3.63) is 34.0 Å². The summed E-state index contributed by atoms with van der Waals surface area (Å²) in [5.74, 6) is 0.828. The first kappa shape index (κ1) is 14.0. The summed E-state index contributed by atoms with van der Waals surface area (Å²) < 4.78 is 7.03. The zero-order valence-corrected chi connectivity index (χ0v) is 13.3. The molecule has 3 aromatic rings. The van der Waals surface area contributed by atoms with Crippen LogP contribution in [0.5, 0.6) is 5.75 Å². The zero-order chi connectivity index (χ0) is 15.1. The number of ether oxygens (including phenoxy) is 1. The molecule has 0 bridgehead atoms. The number of aliphatic hydroxyl groups excluding tert-OH is 1. The molecule has 0 spiro atoms. The van der Waals surface area contributed by atoms with E-state index in [-0.39, 0.29) is 6.61 Å². The van der Waals surface area contributed by atoms with Gasteiger partial charge in [0.2, 0.25) is 4.96 Å². The molecule has 0 fully saturated rings. The van der Waals surface area contributed by atoms with E-state index in [4.69, 9.17) is 4.74 Å². The molecule has 1 aromatic carbocycles. The van der Waals surface area contributed by atoms with E-state index in [0.717, 1.165) is 43.8 Å². The minimum Gasteiger partial charge on any atom is -0.497 e. The lowest BCUT2D eigenvalue weighted by molar-refractivity contribution is 0.275. The number of aliphatic hydroxyl groups is 1. The molecular weight excluding hydrogens is 286 g/mol. The van der Waals surface area contributed by atoms with Crippen molar-refractivity contribution >= 4 is 16.3 Å². The van der Waals surface area contributed by atoms with Gasteiger partial charge in [-0.25, -0.2) is 9.50 Å². The second kappa shape index (κ2) is 5.13. The zero-order valence-electron chi connectivity index (χ0n) is 12.5. The molecule has 0 aliphatic rings. The molecule has 0 saturated carbocycles. The van der Waals surface area contributed by atoms with Gasteiger partial charge in [0.1, 0.15) is 10.8 Å². The van der Waals surface area contributed by atoms with Gasteiger partial charge >= 0.3 is 0 Å². The minimum atomic E-state index is -0.0927. The van der Waals surface area contributed by atoms with E-state index < -0.39 is 0 Å². The number of hydrogen-bond acceptors (Lipinski definition) is 5. The largest absolute Gasteiger partial charge is 0.497 e. The molecule has 6 heteroatoms. The highest BCUT2D eigenvalue weighted by molar-refractivity contribution is 7.16. The normalized spacial score (nSPS) is 11.3. The Morgan fingerprint density at radius 1 is 1.24 bits per heavy atom. The summed E-state index contributed by atoms with van der Waals surface area (Å²) in [6.45, 7) is 5.89. The molecule has 0 amide bonds. The predicted octanol–water partition coefficient (Wildman–Crippen LogP) is 2.88. The Labute approximate surface area is 126 Å². The highest BCUT2D eigenvalue weighted by Gasteiger charge is 2.19. The van der Waals surface area contributed by atoms with Crippen LogP contribution in [0.2, 0.25) is 0 Å². The lowest BCUT2D eigenvalue weighted by atomic mass is 9.98. The average Bonchev–Trinajstić information content (AvgIpc) is 2.93. The molecule has 1 N–H and O–H groups in total. The van der Waals surface area contributed by atoms with Crippen molar-refractivity contribution in [3.63, 3.8) is 0 Å². The Bertz CT molecular complexity index is 797. The first-order valence-corrected chi connectivity index (χ1v) is 7.48. The van der Waals surface area contributed by atoms with E-state index in [0.29, 0.717) is 0 Å². The SMILES string of the molecule is COc1cc(C)c(-c2nc3sc(C)nn3c2CO)c(C)c1. The number of nitrogens with zero attached hydrogens (tertiary/aromatic N) is 3. The number of rotatable bonds is 3. The van der Waals surface area contributed by atoms with Gasteiger partial charge < -0.3 is 9.84 Å². The maximum absolute atomic E-state index is 9.74. The summed E-state index contributed by atoms with van der Waals surface area (Å²) in [6.07, 6.45) is 0. The number of imidazole rings is 1. The first-order valence-electron chi connectivity index (χ1n) is 6.66. The van der Waals surface area contributed by atoms with Crippen molar-refractivity contribution in [1.82, 2.24) is 14.6 Å². The molecule has 0 aliphatic carbocycles. The highest BCUT2D eigenvalue weighted by atomic mass is 32.1. The number of aromatic nitrogens is 3. The highest BCUT2D eigenvalue weighted by Crippen LogP contribution is 2.34. The third kappa shape index (κ3) is 2.20. The number of hydrogen-bond donors (Lipinski definition) is 1. The van der Waals surface area contributed by atoms with Gasteiger partial charge in [-0.3, -0.25) is 0 Å². The predicted molar refractivity (Wildman–Crippen MR) is 83.0 cm³/mol.